The molecular formula is C13H23NO3S. The van der Waals surface area contributed by atoms with E-state index >= 15 is 0 Å². The van der Waals surface area contributed by atoms with Gasteiger partial charge in [0, 0.05) is 17.6 Å². The molecule has 0 bridgehead atoms. The van der Waals surface area contributed by atoms with Gasteiger partial charge in [0.2, 0.25) is 0 Å². The highest BCUT2D eigenvalue weighted by Crippen LogP contribution is 2.41. The Hall–Kier alpha value is -0.260. The van der Waals surface area contributed by atoms with Crippen molar-refractivity contribution in [2.75, 3.05) is 12.4 Å². The Morgan fingerprint density at radius 2 is 2.17 bits per heavy atom. The minimum Gasteiger partial charge on any atom is -0.480 e. The van der Waals surface area contributed by atoms with Crippen molar-refractivity contribution in [1.29, 1.82) is 0 Å². The zero-order valence-electron chi connectivity index (χ0n) is 10.8. The molecule has 18 heavy (non-hydrogen) atoms. The summed E-state index contributed by atoms with van der Waals surface area (Å²) in [6.07, 6.45) is 8.32. The smallest absolute Gasteiger partial charge is 0.321 e. The monoisotopic (exact) mass is 273 g/mol. The standard InChI is InChI=1S/C13H23NO3S/c14-11(12(15)16)9-18-10-4-7-17-13(8-10)5-2-1-3-6-13/h10-11H,1-9,14H2,(H,15,16)/t10?,11-/m0/s1. The van der Waals surface area contributed by atoms with E-state index in [2.05, 4.69) is 0 Å². The number of carboxylic acid groups (broad SMARTS) is 1. The number of carbonyl (C=O) groups is 1. The van der Waals surface area contributed by atoms with Crippen molar-refractivity contribution in [2.45, 2.75) is 61.8 Å². The van der Waals surface area contributed by atoms with Crippen LogP contribution in [0.5, 0.6) is 0 Å². The van der Waals surface area contributed by atoms with E-state index in [0.717, 1.165) is 19.4 Å². The second kappa shape index (κ2) is 6.26. The first-order valence-corrected chi connectivity index (χ1v) is 7.90. The molecule has 3 N–H and O–H groups in total. The molecule has 4 nitrogen and oxygen atoms in total. The first kappa shape index (κ1) is 14.2. The van der Waals surface area contributed by atoms with Gasteiger partial charge in [0.1, 0.15) is 6.04 Å². The van der Waals surface area contributed by atoms with Crippen LogP contribution in [0, 0.1) is 0 Å². The Morgan fingerprint density at radius 3 is 2.83 bits per heavy atom. The van der Waals surface area contributed by atoms with Gasteiger partial charge >= 0.3 is 5.97 Å². The summed E-state index contributed by atoms with van der Waals surface area (Å²) in [5.41, 5.74) is 5.65. The molecular weight excluding hydrogens is 250 g/mol. The van der Waals surface area contributed by atoms with E-state index in [4.69, 9.17) is 15.6 Å². The highest BCUT2D eigenvalue weighted by molar-refractivity contribution is 8.00. The lowest BCUT2D eigenvalue weighted by Crippen LogP contribution is -2.43. The van der Waals surface area contributed by atoms with Gasteiger partial charge in [0.25, 0.3) is 0 Å². The zero-order chi connectivity index (χ0) is 13.0. The Bertz CT molecular complexity index is 286. The van der Waals surface area contributed by atoms with Crippen LogP contribution in [0.3, 0.4) is 0 Å². The van der Waals surface area contributed by atoms with E-state index in [1.165, 1.54) is 32.1 Å². The number of nitrogens with two attached hydrogens (primary N) is 1. The lowest BCUT2D eigenvalue weighted by atomic mass is 9.80. The minimum absolute atomic E-state index is 0.0987. The Balaban J connectivity index is 1.81. The second-order valence-corrected chi connectivity index (χ2v) is 6.82. The number of ether oxygens (including phenoxy) is 1. The summed E-state index contributed by atoms with van der Waals surface area (Å²) < 4.78 is 6.03. The molecule has 0 aromatic heterocycles. The van der Waals surface area contributed by atoms with Crippen LogP contribution in [0.2, 0.25) is 0 Å². The maximum Gasteiger partial charge on any atom is 0.321 e. The number of carboxylic acids is 1. The maximum absolute atomic E-state index is 10.7. The molecule has 2 fully saturated rings. The van der Waals surface area contributed by atoms with Crippen molar-refractivity contribution in [2.24, 2.45) is 5.73 Å². The molecule has 1 aliphatic heterocycles. The second-order valence-electron chi connectivity index (χ2n) is 5.49. The molecule has 1 unspecified atom stereocenters. The average Bonchev–Trinajstić information content (AvgIpc) is 2.37. The summed E-state index contributed by atoms with van der Waals surface area (Å²) in [6, 6.07) is -0.736. The van der Waals surface area contributed by atoms with Crippen LogP contribution in [0.1, 0.15) is 44.9 Å². The molecule has 1 saturated heterocycles. The van der Waals surface area contributed by atoms with Gasteiger partial charge in [-0.05, 0) is 25.7 Å². The van der Waals surface area contributed by atoms with Gasteiger partial charge in [0.15, 0.2) is 0 Å². The highest BCUT2D eigenvalue weighted by atomic mass is 32.2. The predicted molar refractivity (Wildman–Crippen MR) is 72.9 cm³/mol. The lowest BCUT2D eigenvalue weighted by molar-refractivity contribution is -0.137. The molecule has 1 spiro atoms. The van der Waals surface area contributed by atoms with Crippen LogP contribution in [0.25, 0.3) is 0 Å². The van der Waals surface area contributed by atoms with Crippen LogP contribution >= 0.6 is 11.8 Å². The molecule has 2 rings (SSSR count). The van der Waals surface area contributed by atoms with Gasteiger partial charge in [0.05, 0.1) is 5.60 Å². The number of hydrogen-bond donors (Lipinski definition) is 2. The molecule has 2 atom stereocenters. The van der Waals surface area contributed by atoms with E-state index in [9.17, 15) is 4.79 Å². The predicted octanol–water partition coefficient (Wildman–Crippen LogP) is 2.01. The van der Waals surface area contributed by atoms with Crippen LogP contribution in [-0.2, 0) is 9.53 Å². The number of hydrogen-bond acceptors (Lipinski definition) is 4. The summed E-state index contributed by atoms with van der Waals surface area (Å²) in [4.78, 5) is 10.7. The zero-order valence-corrected chi connectivity index (χ0v) is 11.6. The molecule has 0 radical (unpaired) electrons. The molecule has 2 aliphatic rings. The normalized spacial score (nSPS) is 29.1. The number of thioether (sulfide) groups is 1. The van der Waals surface area contributed by atoms with E-state index < -0.39 is 12.0 Å². The number of aliphatic carboxylic acids is 1. The van der Waals surface area contributed by atoms with Gasteiger partial charge in [-0.3, -0.25) is 4.79 Å². The molecule has 5 heteroatoms. The summed E-state index contributed by atoms with van der Waals surface area (Å²) >= 11 is 1.72. The summed E-state index contributed by atoms with van der Waals surface area (Å²) in [6.45, 7) is 0.819. The third kappa shape index (κ3) is 3.62. The highest BCUT2D eigenvalue weighted by Gasteiger charge is 2.38. The van der Waals surface area contributed by atoms with Gasteiger partial charge in [-0.2, -0.15) is 11.8 Å². The Morgan fingerprint density at radius 1 is 1.44 bits per heavy atom. The van der Waals surface area contributed by atoms with Crippen molar-refractivity contribution in [3.63, 3.8) is 0 Å². The van der Waals surface area contributed by atoms with Crippen LogP contribution in [0.4, 0.5) is 0 Å². The molecule has 0 aromatic carbocycles. The Labute approximate surface area is 113 Å². The lowest BCUT2D eigenvalue weighted by Gasteiger charge is -2.43. The third-order valence-electron chi connectivity index (χ3n) is 4.04. The van der Waals surface area contributed by atoms with E-state index in [1.54, 1.807) is 11.8 Å². The van der Waals surface area contributed by atoms with Crippen LogP contribution in [0.15, 0.2) is 0 Å². The van der Waals surface area contributed by atoms with Gasteiger partial charge in [-0.25, -0.2) is 0 Å². The summed E-state index contributed by atoms with van der Waals surface area (Å²) in [5, 5.41) is 9.31. The molecule has 1 aliphatic carbocycles. The van der Waals surface area contributed by atoms with Crippen molar-refractivity contribution in [3.05, 3.63) is 0 Å². The van der Waals surface area contributed by atoms with Crippen LogP contribution in [-0.4, -0.2) is 40.3 Å². The summed E-state index contributed by atoms with van der Waals surface area (Å²) in [7, 11) is 0. The van der Waals surface area contributed by atoms with E-state index in [-0.39, 0.29) is 5.60 Å². The third-order valence-corrected chi connectivity index (χ3v) is 5.47. The largest absolute Gasteiger partial charge is 0.480 e. The SMILES string of the molecule is N[C@@H](CSC1CCOC2(CCCCC2)C1)C(=O)O. The number of rotatable bonds is 4. The minimum atomic E-state index is -0.901. The van der Waals surface area contributed by atoms with Gasteiger partial charge in [-0.15, -0.1) is 0 Å². The molecule has 104 valence electrons. The average molecular weight is 273 g/mol. The van der Waals surface area contributed by atoms with Crippen molar-refractivity contribution in [3.8, 4) is 0 Å². The fourth-order valence-corrected chi connectivity index (χ4v) is 4.29. The van der Waals surface area contributed by atoms with E-state index in [1.807, 2.05) is 0 Å². The van der Waals surface area contributed by atoms with Crippen molar-refractivity contribution in [1.82, 2.24) is 0 Å². The van der Waals surface area contributed by atoms with E-state index in [0.29, 0.717) is 11.0 Å². The molecule has 0 aromatic rings. The fourth-order valence-electron chi connectivity index (χ4n) is 2.98. The molecule has 1 heterocycles. The topological polar surface area (TPSA) is 72.5 Å². The first-order chi connectivity index (χ1) is 8.61. The first-order valence-electron chi connectivity index (χ1n) is 6.85. The quantitative estimate of drug-likeness (QED) is 0.820. The van der Waals surface area contributed by atoms with Gasteiger partial charge in [-0.1, -0.05) is 19.3 Å². The summed E-state index contributed by atoms with van der Waals surface area (Å²) in [5.74, 6) is -0.391. The molecule has 1 saturated carbocycles. The Kier molecular flexibility index (Phi) is 4.92. The van der Waals surface area contributed by atoms with Crippen molar-refractivity contribution < 1.29 is 14.6 Å². The maximum atomic E-state index is 10.7. The van der Waals surface area contributed by atoms with Crippen LogP contribution < -0.4 is 5.73 Å². The van der Waals surface area contributed by atoms with Gasteiger partial charge < -0.3 is 15.6 Å². The van der Waals surface area contributed by atoms with Crippen molar-refractivity contribution >= 4 is 17.7 Å². The molecule has 0 amide bonds. The fraction of sp³-hybridized carbons (Fsp3) is 0.923.